The third kappa shape index (κ3) is 35.2. The highest BCUT2D eigenvalue weighted by atomic mass is 32.2. The summed E-state index contributed by atoms with van der Waals surface area (Å²) in [6, 6.07) is -1.15. The van der Waals surface area contributed by atoms with Gasteiger partial charge < -0.3 is 15.5 Å². The van der Waals surface area contributed by atoms with Crippen LogP contribution in [-0.2, 0) is 14.9 Å². The topological polar surface area (TPSA) is 124 Å². The summed E-state index contributed by atoms with van der Waals surface area (Å²) in [7, 11) is -4.41. The van der Waals surface area contributed by atoms with Crippen LogP contribution in [0.4, 0.5) is 0 Å². The molecule has 50 heavy (non-hydrogen) atoms. The molecule has 0 saturated carbocycles. The molecule has 0 rings (SSSR count). The van der Waals surface area contributed by atoms with Crippen LogP contribution in [0.2, 0.25) is 0 Å². The fourth-order valence-electron chi connectivity index (χ4n) is 6.51. The van der Waals surface area contributed by atoms with E-state index in [2.05, 4.69) is 43.5 Å². The minimum atomic E-state index is -4.41. The van der Waals surface area contributed by atoms with Gasteiger partial charge in [0.2, 0.25) is 5.91 Å². The molecule has 3 unspecified atom stereocenters. The van der Waals surface area contributed by atoms with E-state index in [0.717, 1.165) is 44.9 Å². The summed E-state index contributed by atoms with van der Waals surface area (Å²) in [4.78, 5) is 12.6. The molecule has 3 atom stereocenters. The lowest BCUT2D eigenvalue weighted by Gasteiger charge is -2.24. The number of nitrogens with one attached hydrogen (secondary N) is 1. The highest BCUT2D eigenvalue weighted by Gasteiger charge is 2.28. The zero-order chi connectivity index (χ0) is 37.0. The number of aliphatic hydroxyl groups is 2. The molecular formula is C42H81NO6S. The Hall–Kier alpha value is -1.22. The second-order valence-electron chi connectivity index (χ2n) is 14.8. The Morgan fingerprint density at radius 1 is 0.540 bits per heavy atom. The van der Waals surface area contributed by atoms with Gasteiger partial charge in [-0.2, -0.15) is 8.42 Å². The van der Waals surface area contributed by atoms with Crippen molar-refractivity contribution in [1.82, 2.24) is 5.32 Å². The SMILES string of the molecule is CCCCC/C=C\C=C/CCCCCCCCCCCC(O)C(=O)NC(CS(=O)(=O)O)C(O)CCCCCCCCCCCCCCCCC. The number of allylic oxidation sites excluding steroid dienone is 4. The minimum absolute atomic E-state index is 0.293. The van der Waals surface area contributed by atoms with E-state index in [0.29, 0.717) is 25.7 Å². The Morgan fingerprint density at radius 2 is 0.880 bits per heavy atom. The van der Waals surface area contributed by atoms with E-state index in [-0.39, 0.29) is 0 Å². The third-order valence-electron chi connectivity index (χ3n) is 9.79. The molecule has 4 N–H and O–H groups in total. The molecule has 0 heterocycles. The van der Waals surface area contributed by atoms with Gasteiger partial charge in [0.05, 0.1) is 17.9 Å². The van der Waals surface area contributed by atoms with Crippen molar-refractivity contribution in [2.24, 2.45) is 0 Å². The van der Waals surface area contributed by atoms with E-state index in [9.17, 15) is 28.0 Å². The summed E-state index contributed by atoms with van der Waals surface area (Å²) in [5.74, 6) is -1.45. The van der Waals surface area contributed by atoms with E-state index in [1.54, 1.807) is 0 Å². The molecule has 0 aliphatic rings. The van der Waals surface area contributed by atoms with Crippen LogP contribution in [0.5, 0.6) is 0 Å². The van der Waals surface area contributed by atoms with Crippen LogP contribution in [0, 0.1) is 0 Å². The van der Waals surface area contributed by atoms with Crippen LogP contribution in [-0.4, -0.2) is 53.1 Å². The van der Waals surface area contributed by atoms with Crippen molar-refractivity contribution in [2.75, 3.05) is 5.75 Å². The van der Waals surface area contributed by atoms with Crippen LogP contribution in [0.25, 0.3) is 0 Å². The molecule has 0 aromatic carbocycles. The molecule has 0 radical (unpaired) electrons. The first-order chi connectivity index (χ1) is 24.2. The van der Waals surface area contributed by atoms with E-state index < -0.39 is 40.0 Å². The van der Waals surface area contributed by atoms with Gasteiger partial charge in [-0.05, 0) is 38.5 Å². The van der Waals surface area contributed by atoms with Gasteiger partial charge in [0.25, 0.3) is 10.1 Å². The predicted octanol–water partition coefficient (Wildman–Crippen LogP) is 11.3. The van der Waals surface area contributed by atoms with Gasteiger partial charge >= 0.3 is 0 Å². The van der Waals surface area contributed by atoms with Gasteiger partial charge in [0.1, 0.15) is 6.10 Å². The summed E-state index contributed by atoms with van der Waals surface area (Å²) in [5, 5.41) is 23.6. The number of aliphatic hydroxyl groups excluding tert-OH is 2. The summed E-state index contributed by atoms with van der Waals surface area (Å²) < 4.78 is 32.6. The van der Waals surface area contributed by atoms with Crippen molar-refractivity contribution in [2.45, 2.75) is 231 Å². The van der Waals surface area contributed by atoms with Crippen LogP contribution in [0.1, 0.15) is 213 Å². The third-order valence-corrected chi connectivity index (χ3v) is 10.6. The van der Waals surface area contributed by atoms with Crippen LogP contribution in [0.3, 0.4) is 0 Å². The lowest BCUT2D eigenvalue weighted by Crippen LogP contribution is -2.50. The fraction of sp³-hybridized carbons (Fsp3) is 0.881. The normalized spacial score (nSPS) is 14.1. The molecule has 0 aromatic rings. The van der Waals surface area contributed by atoms with Crippen LogP contribution in [0.15, 0.2) is 24.3 Å². The molecule has 0 saturated heterocycles. The Morgan fingerprint density at radius 3 is 1.30 bits per heavy atom. The minimum Gasteiger partial charge on any atom is -0.391 e. The largest absolute Gasteiger partial charge is 0.391 e. The van der Waals surface area contributed by atoms with Crippen molar-refractivity contribution in [1.29, 1.82) is 0 Å². The van der Waals surface area contributed by atoms with Gasteiger partial charge in [-0.25, -0.2) is 0 Å². The van der Waals surface area contributed by atoms with Crippen LogP contribution >= 0.6 is 0 Å². The van der Waals surface area contributed by atoms with Gasteiger partial charge in [0, 0.05) is 0 Å². The van der Waals surface area contributed by atoms with Crippen LogP contribution < -0.4 is 5.32 Å². The standard InChI is InChI=1S/C42H81NO6S/c1-3-5-7-9-11-13-15-17-19-20-21-23-25-27-29-31-33-35-37-41(45)42(46)43-39(38-50(47,48)49)40(44)36-34-32-30-28-26-24-22-18-16-14-12-10-8-6-4-2/h11,13,15,17,39-41,44-45H,3-10,12,14,16,18-38H2,1-2H3,(H,43,46)(H,47,48,49)/b13-11-,17-15-. The maximum absolute atomic E-state index is 12.6. The molecule has 7 nitrogen and oxygen atoms in total. The van der Waals surface area contributed by atoms with E-state index in [1.165, 1.54) is 128 Å². The first-order valence-electron chi connectivity index (χ1n) is 21.1. The molecular weight excluding hydrogens is 647 g/mol. The fourth-order valence-corrected chi connectivity index (χ4v) is 7.27. The lowest BCUT2D eigenvalue weighted by molar-refractivity contribution is -0.131. The number of hydrogen-bond donors (Lipinski definition) is 4. The first kappa shape index (κ1) is 48.8. The molecule has 0 aromatic heterocycles. The average molecular weight is 728 g/mol. The molecule has 296 valence electrons. The second kappa shape index (κ2) is 36.2. The van der Waals surface area contributed by atoms with Gasteiger partial charge in [-0.15, -0.1) is 0 Å². The van der Waals surface area contributed by atoms with Crippen molar-refractivity contribution in [3.8, 4) is 0 Å². The summed E-state index contributed by atoms with van der Waals surface area (Å²) in [5.41, 5.74) is 0. The monoisotopic (exact) mass is 728 g/mol. The molecule has 8 heteroatoms. The number of hydrogen-bond acceptors (Lipinski definition) is 5. The lowest BCUT2D eigenvalue weighted by atomic mass is 10.0. The molecule has 0 spiro atoms. The Kier molecular flexibility index (Phi) is 35.3. The quantitative estimate of drug-likeness (QED) is 0.0285. The van der Waals surface area contributed by atoms with Crippen molar-refractivity contribution in [3.05, 3.63) is 24.3 Å². The predicted molar refractivity (Wildman–Crippen MR) is 213 cm³/mol. The Bertz CT molecular complexity index is 906. The maximum atomic E-state index is 12.6. The zero-order valence-electron chi connectivity index (χ0n) is 32.6. The molecule has 0 fully saturated rings. The number of carbonyl (C=O) groups excluding carboxylic acids is 1. The smallest absolute Gasteiger partial charge is 0.266 e. The van der Waals surface area contributed by atoms with Crippen molar-refractivity contribution < 1.29 is 28.0 Å². The van der Waals surface area contributed by atoms with E-state index >= 15 is 0 Å². The summed E-state index contributed by atoms with van der Waals surface area (Å²) in [6.45, 7) is 4.48. The van der Waals surface area contributed by atoms with Gasteiger partial charge in [-0.3, -0.25) is 9.35 Å². The van der Waals surface area contributed by atoms with Crippen molar-refractivity contribution in [3.63, 3.8) is 0 Å². The number of unbranched alkanes of at least 4 members (excludes halogenated alkanes) is 26. The number of carbonyl (C=O) groups is 1. The number of amides is 1. The molecule has 0 bridgehead atoms. The van der Waals surface area contributed by atoms with Gasteiger partial charge in [-0.1, -0.05) is 199 Å². The highest BCUT2D eigenvalue weighted by Crippen LogP contribution is 2.16. The summed E-state index contributed by atoms with van der Waals surface area (Å²) in [6.07, 6.45) is 41.9. The zero-order valence-corrected chi connectivity index (χ0v) is 33.5. The van der Waals surface area contributed by atoms with Gasteiger partial charge in [0.15, 0.2) is 0 Å². The number of rotatable bonds is 38. The molecule has 1 amide bonds. The maximum Gasteiger partial charge on any atom is 0.266 e. The van der Waals surface area contributed by atoms with E-state index in [4.69, 9.17) is 0 Å². The average Bonchev–Trinajstić information content (AvgIpc) is 3.08. The second-order valence-corrected chi connectivity index (χ2v) is 16.3. The van der Waals surface area contributed by atoms with E-state index in [1.807, 2.05) is 0 Å². The summed E-state index contributed by atoms with van der Waals surface area (Å²) >= 11 is 0. The Balaban J connectivity index is 3.97. The first-order valence-corrected chi connectivity index (χ1v) is 22.8. The van der Waals surface area contributed by atoms with Crippen molar-refractivity contribution >= 4 is 16.0 Å². The Labute approximate surface area is 309 Å². The highest BCUT2D eigenvalue weighted by molar-refractivity contribution is 7.85. The molecule has 0 aliphatic heterocycles. The molecule has 0 aliphatic carbocycles.